The number of carbonyl (C=O) groups excluding carboxylic acids is 1. The molecule has 0 spiro atoms. The fraction of sp³-hybridized carbons (Fsp3) is 0.333. The van der Waals surface area contributed by atoms with Gasteiger partial charge in [-0.1, -0.05) is 26.0 Å². The van der Waals surface area contributed by atoms with Crippen molar-refractivity contribution < 1.29 is 28.5 Å². The molecule has 152 valence electrons. The Hall–Kier alpha value is -2.65. The van der Waals surface area contributed by atoms with E-state index in [1.165, 1.54) is 24.3 Å². The summed E-state index contributed by atoms with van der Waals surface area (Å²) in [7, 11) is -3.30. The van der Waals surface area contributed by atoms with Crippen LogP contribution in [-0.2, 0) is 9.36 Å². The van der Waals surface area contributed by atoms with Crippen LogP contribution in [0.15, 0.2) is 30.3 Å². The molecular formula is C21H22FNO5P+. The smallest absolute Gasteiger partial charge is 0.419 e. The Bertz CT molecular complexity index is 982. The molecule has 0 bridgehead atoms. The summed E-state index contributed by atoms with van der Waals surface area (Å²) < 4.78 is 30.8. The molecule has 6 nitrogen and oxygen atoms in total. The molecule has 0 aliphatic heterocycles. The minimum absolute atomic E-state index is 0.0410. The Morgan fingerprint density at radius 2 is 1.90 bits per heavy atom. The van der Waals surface area contributed by atoms with Gasteiger partial charge in [0.25, 0.3) is 0 Å². The van der Waals surface area contributed by atoms with E-state index >= 15 is 0 Å². The minimum atomic E-state index is -3.30. The van der Waals surface area contributed by atoms with Crippen molar-refractivity contribution in [3.63, 3.8) is 0 Å². The summed E-state index contributed by atoms with van der Waals surface area (Å²) in [6, 6.07) is 7.21. The number of ether oxygens (including phenoxy) is 1. The molecule has 29 heavy (non-hydrogen) atoms. The Morgan fingerprint density at radius 1 is 1.31 bits per heavy atom. The maximum atomic E-state index is 13.4. The Morgan fingerprint density at radius 3 is 2.34 bits per heavy atom. The molecule has 8 heteroatoms. The summed E-state index contributed by atoms with van der Waals surface area (Å²) in [6.07, 6.45) is 3.70. The molecule has 0 radical (unpaired) electrons. The molecule has 1 heterocycles. The highest BCUT2D eigenvalue weighted by Crippen LogP contribution is 2.42. The number of esters is 1. The van der Waals surface area contributed by atoms with Crippen LogP contribution in [0.5, 0.6) is 5.75 Å². The highest BCUT2D eigenvalue weighted by Gasteiger charge is 2.62. The molecule has 3 unspecified atom stereocenters. The van der Waals surface area contributed by atoms with E-state index in [-0.39, 0.29) is 11.7 Å². The molecule has 3 atom stereocenters. The lowest BCUT2D eigenvalue weighted by molar-refractivity contribution is -0.138. The molecule has 2 aromatic rings. The second-order valence-electron chi connectivity index (χ2n) is 6.94. The van der Waals surface area contributed by atoms with E-state index in [1.807, 2.05) is 19.8 Å². The number of carbonyl (C=O) groups is 1. The summed E-state index contributed by atoms with van der Waals surface area (Å²) in [5, 5.41) is 7.54. The lowest BCUT2D eigenvalue weighted by Gasteiger charge is -2.21. The molecule has 0 saturated heterocycles. The van der Waals surface area contributed by atoms with E-state index < -0.39 is 31.1 Å². The predicted molar refractivity (Wildman–Crippen MR) is 107 cm³/mol. The van der Waals surface area contributed by atoms with Crippen LogP contribution in [0.3, 0.4) is 0 Å². The van der Waals surface area contributed by atoms with Gasteiger partial charge in [-0.2, -0.15) is 4.89 Å². The van der Waals surface area contributed by atoms with Gasteiger partial charge in [0, 0.05) is 11.3 Å². The van der Waals surface area contributed by atoms with Crippen LogP contribution in [0.1, 0.15) is 38.1 Å². The molecule has 0 aliphatic rings. The molecule has 0 aliphatic carbocycles. The average molecular weight is 418 g/mol. The maximum Gasteiger partial charge on any atom is 0.540 e. The highest BCUT2D eigenvalue weighted by atomic mass is 31.1. The number of aromatic nitrogens is 1. The van der Waals surface area contributed by atoms with E-state index in [0.717, 1.165) is 6.92 Å². The number of halogens is 1. The number of benzene rings is 1. The van der Waals surface area contributed by atoms with Crippen LogP contribution in [0.4, 0.5) is 4.39 Å². The predicted octanol–water partition coefficient (Wildman–Crippen LogP) is 3.71. The van der Waals surface area contributed by atoms with E-state index in [2.05, 4.69) is 4.98 Å². The number of hydrogen-bond acceptors (Lipinski definition) is 5. The Kier molecular flexibility index (Phi) is 6.86. The number of aliphatic hydroxyl groups is 1. The summed E-state index contributed by atoms with van der Waals surface area (Å²) in [4.78, 5) is 27.0. The second-order valence-corrected chi connectivity index (χ2v) is 8.19. The van der Waals surface area contributed by atoms with Crippen molar-refractivity contribution >= 4 is 14.0 Å². The maximum absolute atomic E-state index is 13.4. The monoisotopic (exact) mass is 418 g/mol. The highest BCUT2D eigenvalue weighted by molar-refractivity contribution is 7.42. The van der Waals surface area contributed by atoms with Gasteiger partial charge >= 0.3 is 19.2 Å². The van der Waals surface area contributed by atoms with E-state index in [4.69, 9.17) is 11.2 Å². The van der Waals surface area contributed by atoms with Crippen LogP contribution < -0.4 is 4.74 Å². The third-order valence-electron chi connectivity index (χ3n) is 4.46. The average Bonchev–Trinajstić information content (AvgIpc) is 2.63. The van der Waals surface area contributed by atoms with Crippen LogP contribution in [0, 0.1) is 25.1 Å². The zero-order valence-electron chi connectivity index (χ0n) is 16.5. The third-order valence-corrected chi connectivity index (χ3v) is 5.75. The van der Waals surface area contributed by atoms with Crippen molar-refractivity contribution in [1.82, 2.24) is 4.98 Å². The quantitative estimate of drug-likeness (QED) is 0.422. The summed E-state index contributed by atoms with van der Waals surface area (Å²) in [5.41, 5.74) is 2.06. The van der Waals surface area contributed by atoms with Gasteiger partial charge in [0.05, 0.1) is 5.69 Å². The molecule has 0 amide bonds. The fourth-order valence-electron chi connectivity index (χ4n) is 2.84. The van der Waals surface area contributed by atoms with Crippen LogP contribution in [0.2, 0.25) is 0 Å². The van der Waals surface area contributed by atoms with Gasteiger partial charge in [-0.3, -0.25) is 4.98 Å². The first kappa shape index (κ1) is 22.6. The van der Waals surface area contributed by atoms with E-state index in [0.29, 0.717) is 22.5 Å². The summed E-state index contributed by atoms with van der Waals surface area (Å²) >= 11 is 0. The van der Waals surface area contributed by atoms with E-state index in [9.17, 15) is 23.7 Å². The van der Waals surface area contributed by atoms with Crippen LogP contribution >= 0.6 is 8.03 Å². The minimum Gasteiger partial charge on any atom is -0.419 e. The van der Waals surface area contributed by atoms with Crippen LogP contribution in [-0.4, -0.2) is 32.2 Å². The van der Waals surface area contributed by atoms with Crippen molar-refractivity contribution in [1.29, 1.82) is 0 Å². The van der Waals surface area contributed by atoms with Crippen molar-refractivity contribution in [2.24, 2.45) is 0 Å². The molecule has 0 saturated carbocycles. The van der Waals surface area contributed by atoms with Crippen molar-refractivity contribution in [2.45, 2.75) is 44.9 Å². The lowest BCUT2D eigenvalue weighted by atomic mass is 9.98. The van der Waals surface area contributed by atoms with Crippen molar-refractivity contribution in [3.05, 3.63) is 47.5 Å². The van der Waals surface area contributed by atoms with E-state index in [1.54, 1.807) is 13.0 Å². The van der Waals surface area contributed by atoms with Gasteiger partial charge in [-0.25, -0.2) is 9.18 Å². The molecule has 2 N–H and O–H groups in total. The third kappa shape index (κ3) is 4.35. The molecule has 2 rings (SSSR count). The number of aliphatic hydroxyl groups excluding tert-OH is 1. The number of terminal acetylenes is 1. The van der Waals surface area contributed by atoms with Gasteiger partial charge in [-0.05, 0) is 54.0 Å². The number of hydrogen-bond donors (Lipinski definition) is 2. The second kappa shape index (κ2) is 8.79. The number of rotatable bonds is 6. The zero-order valence-corrected chi connectivity index (χ0v) is 17.4. The van der Waals surface area contributed by atoms with Gasteiger partial charge in [0.2, 0.25) is 0 Å². The lowest BCUT2D eigenvalue weighted by Crippen LogP contribution is -2.46. The van der Waals surface area contributed by atoms with Gasteiger partial charge < -0.3 is 9.84 Å². The first-order valence-electron chi connectivity index (χ1n) is 8.86. The molecule has 0 fully saturated rings. The first-order valence-corrected chi connectivity index (χ1v) is 10.1. The first-order chi connectivity index (χ1) is 13.5. The summed E-state index contributed by atoms with van der Waals surface area (Å²) in [5.74, 6) is 0.128. The number of pyridine rings is 1. The zero-order chi connectivity index (χ0) is 21.9. The molecule has 1 aromatic heterocycles. The SMILES string of the molecule is C#CC(C(=O)Oc1c(-c2ccc(F)cc2)cc(C)nc1C(C)C)(C(C)O)[P+](=O)O. The number of aryl methyl sites for hydroxylation is 1. The van der Waals surface area contributed by atoms with Gasteiger partial charge in [0.1, 0.15) is 11.9 Å². The number of nitrogens with zero attached hydrogens (tertiary/aromatic N) is 1. The topological polar surface area (TPSA) is 96.7 Å². The van der Waals surface area contributed by atoms with Crippen molar-refractivity contribution in [3.8, 4) is 29.2 Å². The summed E-state index contributed by atoms with van der Waals surface area (Å²) in [6.45, 7) is 6.57. The fourth-order valence-corrected chi connectivity index (χ4v) is 3.47. The Labute approximate surface area is 169 Å². The molecular weight excluding hydrogens is 396 g/mol. The van der Waals surface area contributed by atoms with Gasteiger partial charge in [0.15, 0.2) is 5.75 Å². The largest absolute Gasteiger partial charge is 0.540 e. The standard InChI is InChI=1S/C21H21FNO5P/c1-6-21(14(5)24,29(26)27)20(25)28-19-17(15-7-9-16(22)10-8-15)11-13(4)23-18(19)12(2)3/h1,7-12,14,24H,2-5H3/p+1. The molecule has 1 aromatic carbocycles. The van der Waals surface area contributed by atoms with Crippen LogP contribution in [0.25, 0.3) is 11.1 Å². The van der Waals surface area contributed by atoms with Crippen molar-refractivity contribution in [2.75, 3.05) is 0 Å². The Balaban J connectivity index is 2.70. The normalized spacial score (nSPS) is 14.7. The van der Waals surface area contributed by atoms with Gasteiger partial charge in [-0.15, -0.1) is 6.42 Å².